The van der Waals surface area contributed by atoms with E-state index in [1.54, 1.807) is 25.1 Å². The summed E-state index contributed by atoms with van der Waals surface area (Å²) >= 11 is 6.02. The molecule has 2 atom stereocenters. The first-order valence-electron chi connectivity index (χ1n) is 11.2. The van der Waals surface area contributed by atoms with Crippen LogP contribution in [-0.2, 0) is 16.0 Å². The molecule has 3 rings (SSSR count). The molecule has 0 aliphatic heterocycles. The Kier molecular flexibility index (Phi) is 8.64. The van der Waals surface area contributed by atoms with Gasteiger partial charge in [-0.3, -0.25) is 14.4 Å². The number of Topliss-reactive ketones (excluding diaryl/α,β-unsaturated/α-hetero) is 1. The van der Waals surface area contributed by atoms with Crippen LogP contribution in [0.15, 0.2) is 57.8 Å². The van der Waals surface area contributed by atoms with E-state index in [-0.39, 0.29) is 24.0 Å². The number of rotatable bonds is 11. The third-order valence-corrected chi connectivity index (χ3v) is 6.16. The molecule has 0 bridgehead atoms. The molecule has 0 aliphatic rings. The first-order valence-corrected chi connectivity index (χ1v) is 11.6. The molecule has 0 saturated heterocycles. The fourth-order valence-corrected chi connectivity index (χ4v) is 4.00. The summed E-state index contributed by atoms with van der Waals surface area (Å²) in [4.78, 5) is 36.6. The van der Waals surface area contributed by atoms with Crippen LogP contribution in [0.4, 0.5) is 4.39 Å². The van der Waals surface area contributed by atoms with Crippen LogP contribution in [0.5, 0.6) is 0 Å². The summed E-state index contributed by atoms with van der Waals surface area (Å²) < 4.78 is 24.7. The molecule has 35 heavy (non-hydrogen) atoms. The van der Waals surface area contributed by atoms with Crippen LogP contribution in [0.2, 0.25) is 5.02 Å². The Bertz CT molecular complexity index is 1240. The van der Waals surface area contributed by atoms with Gasteiger partial charge in [0.25, 0.3) is 11.5 Å². The molecule has 3 aromatic rings. The lowest BCUT2D eigenvalue weighted by Gasteiger charge is -2.31. The van der Waals surface area contributed by atoms with Crippen molar-refractivity contribution in [2.45, 2.75) is 39.7 Å². The van der Waals surface area contributed by atoms with Crippen LogP contribution in [0.25, 0.3) is 11.1 Å². The Morgan fingerprint density at radius 1 is 1.20 bits per heavy atom. The van der Waals surface area contributed by atoms with Gasteiger partial charge in [-0.15, -0.1) is 0 Å². The van der Waals surface area contributed by atoms with E-state index in [4.69, 9.17) is 20.9 Å². The minimum absolute atomic E-state index is 0.0647. The van der Waals surface area contributed by atoms with Crippen LogP contribution in [0.1, 0.15) is 43.3 Å². The number of ether oxygens (including phenoxy) is 1. The molecule has 0 radical (unpaired) electrons. The smallest absolute Gasteiger partial charge is 0.290 e. The first-order chi connectivity index (χ1) is 16.6. The van der Waals surface area contributed by atoms with Gasteiger partial charge in [-0.05, 0) is 56.0 Å². The number of ketones is 1. The number of benzene rings is 2. The van der Waals surface area contributed by atoms with Gasteiger partial charge in [0.15, 0.2) is 0 Å². The molecule has 7 nitrogen and oxygen atoms in total. The molecule has 9 heteroatoms. The summed E-state index contributed by atoms with van der Waals surface area (Å²) in [6.45, 7) is 5.80. The first kappa shape index (κ1) is 26.4. The molecule has 0 saturated carbocycles. The summed E-state index contributed by atoms with van der Waals surface area (Å²) in [7, 11) is 0. The third kappa shape index (κ3) is 6.90. The minimum Gasteiger partial charge on any atom is -0.381 e. The topological polar surface area (TPSA) is 101 Å². The lowest BCUT2D eigenvalue weighted by molar-refractivity contribution is -0.130. The number of aromatic amines is 1. The quantitative estimate of drug-likeness (QED) is 0.392. The second-order valence-corrected chi connectivity index (χ2v) is 9.17. The van der Waals surface area contributed by atoms with Crippen LogP contribution in [-0.4, -0.2) is 36.1 Å². The average Bonchev–Trinajstić information content (AvgIpc) is 3.26. The SMILES string of the molecule is CCOC[C@](C)(C[C@@H](Cc1ccc(-c2cc(Cl)ccc2F)cc1)NC(=O)c1cc(=O)[nH]o1)C(C)=O. The van der Waals surface area contributed by atoms with Crippen LogP contribution in [0.3, 0.4) is 0 Å². The van der Waals surface area contributed by atoms with Crippen molar-refractivity contribution in [2.24, 2.45) is 5.41 Å². The molecule has 186 valence electrons. The van der Waals surface area contributed by atoms with E-state index in [2.05, 4.69) is 10.5 Å². The summed E-state index contributed by atoms with van der Waals surface area (Å²) in [5, 5.41) is 5.39. The van der Waals surface area contributed by atoms with Gasteiger partial charge in [-0.2, -0.15) is 5.16 Å². The molecule has 1 aromatic heterocycles. The number of hydrogen-bond donors (Lipinski definition) is 2. The second-order valence-electron chi connectivity index (χ2n) is 8.73. The number of aromatic nitrogens is 1. The Morgan fingerprint density at radius 3 is 2.51 bits per heavy atom. The zero-order chi connectivity index (χ0) is 25.6. The van der Waals surface area contributed by atoms with E-state index < -0.39 is 22.9 Å². The molecule has 0 aliphatic carbocycles. The zero-order valence-electron chi connectivity index (χ0n) is 19.8. The fraction of sp³-hybridized carbons (Fsp3) is 0.346. The van der Waals surface area contributed by atoms with Crippen molar-refractivity contribution < 1.29 is 23.2 Å². The highest BCUT2D eigenvalue weighted by atomic mass is 35.5. The lowest BCUT2D eigenvalue weighted by atomic mass is 9.79. The minimum atomic E-state index is -0.837. The van der Waals surface area contributed by atoms with Crippen molar-refractivity contribution in [3.05, 3.63) is 81.0 Å². The Hall–Kier alpha value is -3.23. The Balaban J connectivity index is 1.85. The largest absolute Gasteiger partial charge is 0.381 e. The van der Waals surface area contributed by atoms with Gasteiger partial charge < -0.3 is 14.6 Å². The van der Waals surface area contributed by atoms with Crippen molar-refractivity contribution in [1.29, 1.82) is 0 Å². The zero-order valence-corrected chi connectivity index (χ0v) is 20.6. The number of carbonyl (C=O) groups excluding carboxylic acids is 2. The number of H-pyrrole nitrogens is 1. The lowest BCUT2D eigenvalue weighted by Crippen LogP contribution is -2.44. The van der Waals surface area contributed by atoms with Crippen molar-refractivity contribution in [1.82, 2.24) is 10.5 Å². The van der Waals surface area contributed by atoms with Crippen LogP contribution >= 0.6 is 11.6 Å². The molecule has 1 heterocycles. The van der Waals surface area contributed by atoms with E-state index >= 15 is 0 Å². The molecule has 2 aromatic carbocycles. The normalized spacial score (nSPS) is 13.7. The monoisotopic (exact) mass is 502 g/mol. The van der Waals surface area contributed by atoms with E-state index in [9.17, 15) is 18.8 Å². The maximum atomic E-state index is 14.3. The fourth-order valence-electron chi connectivity index (χ4n) is 3.82. The molecule has 0 unspecified atom stereocenters. The number of carbonyl (C=O) groups is 2. The number of halogens is 2. The number of amides is 1. The van der Waals surface area contributed by atoms with Gasteiger partial charge in [0.2, 0.25) is 5.76 Å². The highest BCUT2D eigenvalue weighted by Crippen LogP contribution is 2.29. The van der Waals surface area contributed by atoms with Crippen LogP contribution in [0, 0.1) is 11.2 Å². The number of nitrogens with one attached hydrogen (secondary N) is 2. The maximum absolute atomic E-state index is 14.3. The van der Waals surface area contributed by atoms with Gasteiger partial charge in [-0.1, -0.05) is 42.8 Å². The Morgan fingerprint density at radius 2 is 1.91 bits per heavy atom. The molecular weight excluding hydrogens is 475 g/mol. The van der Waals surface area contributed by atoms with Crippen molar-refractivity contribution in [3.63, 3.8) is 0 Å². The van der Waals surface area contributed by atoms with Crippen molar-refractivity contribution in [2.75, 3.05) is 13.2 Å². The van der Waals surface area contributed by atoms with E-state index in [0.717, 1.165) is 11.6 Å². The molecule has 2 N–H and O–H groups in total. The van der Waals surface area contributed by atoms with E-state index in [1.165, 1.54) is 19.1 Å². The third-order valence-electron chi connectivity index (χ3n) is 5.93. The van der Waals surface area contributed by atoms with E-state index in [1.807, 2.05) is 19.1 Å². The van der Waals surface area contributed by atoms with Crippen molar-refractivity contribution >= 4 is 23.3 Å². The number of hydrogen-bond acceptors (Lipinski definition) is 5. The summed E-state index contributed by atoms with van der Waals surface area (Å²) in [6, 6.07) is 12.2. The molecule has 1 amide bonds. The molecule has 0 fully saturated rings. The second kappa shape index (κ2) is 11.5. The summed E-state index contributed by atoms with van der Waals surface area (Å²) in [6.07, 6.45) is 0.682. The Labute approximate surface area is 207 Å². The van der Waals surface area contributed by atoms with Gasteiger partial charge in [0, 0.05) is 23.2 Å². The van der Waals surface area contributed by atoms with Gasteiger partial charge in [0.05, 0.1) is 18.1 Å². The van der Waals surface area contributed by atoms with Crippen LogP contribution < -0.4 is 10.9 Å². The van der Waals surface area contributed by atoms with Gasteiger partial charge in [0.1, 0.15) is 11.6 Å². The van der Waals surface area contributed by atoms with Crippen molar-refractivity contribution in [3.8, 4) is 11.1 Å². The van der Waals surface area contributed by atoms with Gasteiger partial charge in [-0.25, -0.2) is 4.39 Å². The predicted molar refractivity (Wildman–Crippen MR) is 131 cm³/mol. The van der Waals surface area contributed by atoms with E-state index in [0.29, 0.717) is 35.6 Å². The highest BCUT2D eigenvalue weighted by Gasteiger charge is 2.34. The predicted octanol–water partition coefficient (Wildman–Crippen LogP) is 4.79. The highest BCUT2D eigenvalue weighted by molar-refractivity contribution is 6.30. The molecule has 0 spiro atoms. The molecular formula is C26H28ClFN2O5. The maximum Gasteiger partial charge on any atom is 0.290 e. The standard InChI is InChI=1S/C26H28ClFN2O5/c1-4-34-15-26(3,16(2)31)14-20(29-25(33)23-13-24(32)30-35-23)11-17-5-7-18(8-6-17)21-12-19(27)9-10-22(21)28/h5-10,12-13,20H,4,11,14-15H2,1-3H3,(H,29,33)(H,30,32)/t20-,26+/m1/s1. The summed E-state index contributed by atoms with van der Waals surface area (Å²) in [5.41, 5.74) is 0.543. The summed E-state index contributed by atoms with van der Waals surface area (Å²) in [5.74, 6) is -1.17. The average molecular weight is 503 g/mol. The van der Waals surface area contributed by atoms with Gasteiger partial charge >= 0.3 is 0 Å².